The number of hydrogen-bond donors (Lipinski definition) is 0. The normalized spacial score (nSPS) is 10.9. The van der Waals surface area contributed by atoms with Gasteiger partial charge in [-0.15, -0.1) is 0 Å². The Morgan fingerprint density at radius 2 is 1.86 bits per heavy atom. The van der Waals surface area contributed by atoms with Crippen molar-refractivity contribution >= 4 is 27.4 Å². The Balaban J connectivity index is 2.41. The number of para-hydroxylation sites is 1. The van der Waals surface area contributed by atoms with Crippen LogP contribution in [0.15, 0.2) is 41.0 Å². The van der Waals surface area contributed by atoms with Crippen LogP contribution in [-0.2, 0) is 0 Å². The van der Waals surface area contributed by atoms with Gasteiger partial charge >= 0.3 is 0 Å². The third-order valence-electron chi connectivity index (χ3n) is 3.29. The Kier molecular flexibility index (Phi) is 5.74. The van der Waals surface area contributed by atoms with Crippen molar-refractivity contribution in [1.29, 1.82) is 0 Å². The van der Waals surface area contributed by atoms with E-state index in [1.54, 1.807) is 0 Å². The van der Waals surface area contributed by atoms with Gasteiger partial charge in [-0.25, -0.2) is 9.97 Å². The molecule has 2 rings (SSSR count). The molecular weight excluding hydrogens is 326 g/mol. The molecule has 1 heterocycles. The van der Waals surface area contributed by atoms with Crippen molar-refractivity contribution in [3.05, 3.63) is 46.8 Å². The van der Waals surface area contributed by atoms with E-state index in [9.17, 15) is 0 Å². The summed E-state index contributed by atoms with van der Waals surface area (Å²) in [6.45, 7) is 7.40. The van der Waals surface area contributed by atoms with Crippen molar-refractivity contribution in [1.82, 2.24) is 9.97 Å². The molecule has 0 aliphatic rings. The minimum atomic E-state index is 0.310. The van der Waals surface area contributed by atoms with Crippen molar-refractivity contribution in [3.8, 4) is 0 Å². The van der Waals surface area contributed by atoms with Crippen LogP contribution in [0.25, 0.3) is 0 Å². The third kappa shape index (κ3) is 4.27. The van der Waals surface area contributed by atoms with E-state index < -0.39 is 0 Å². The molecule has 0 amide bonds. The first kappa shape index (κ1) is 16.0. The van der Waals surface area contributed by atoms with Gasteiger partial charge < -0.3 is 4.90 Å². The average molecular weight is 348 g/mol. The maximum atomic E-state index is 4.75. The van der Waals surface area contributed by atoms with Gasteiger partial charge in [0.05, 0.1) is 0 Å². The van der Waals surface area contributed by atoms with Gasteiger partial charge in [0.2, 0.25) is 0 Å². The molecule has 2 aromatic rings. The summed E-state index contributed by atoms with van der Waals surface area (Å²) in [6, 6.07) is 12.4. The van der Waals surface area contributed by atoms with Crippen molar-refractivity contribution in [3.63, 3.8) is 0 Å². The van der Waals surface area contributed by atoms with E-state index in [-0.39, 0.29) is 0 Å². The van der Waals surface area contributed by atoms with Crippen LogP contribution >= 0.6 is 15.9 Å². The second-order valence-corrected chi connectivity index (χ2v) is 6.21. The Hall–Kier alpha value is -1.42. The molecule has 0 N–H and O–H groups in total. The molecule has 0 fully saturated rings. The summed E-state index contributed by atoms with van der Waals surface area (Å²) in [4.78, 5) is 11.5. The Bertz CT molecular complexity index is 570. The van der Waals surface area contributed by atoms with Crippen LogP contribution in [-0.4, -0.2) is 16.5 Å². The number of unbranched alkanes of at least 4 members (excludes halogenated alkanes) is 1. The molecule has 0 unspecified atom stereocenters. The number of aromatic nitrogens is 2. The van der Waals surface area contributed by atoms with Gasteiger partial charge in [-0.2, -0.15) is 0 Å². The lowest BCUT2D eigenvalue weighted by Gasteiger charge is -2.24. The van der Waals surface area contributed by atoms with E-state index in [1.165, 1.54) is 5.69 Å². The molecule has 0 bridgehead atoms. The smallest absolute Gasteiger partial charge is 0.137 e. The van der Waals surface area contributed by atoms with Crippen LogP contribution in [0, 0.1) is 0 Å². The fourth-order valence-electron chi connectivity index (χ4n) is 2.12. The molecule has 0 radical (unpaired) electrons. The van der Waals surface area contributed by atoms with Gasteiger partial charge in [0.25, 0.3) is 0 Å². The molecule has 0 aliphatic carbocycles. The van der Waals surface area contributed by atoms with Gasteiger partial charge in [0.15, 0.2) is 0 Å². The fraction of sp³-hybridized carbons (Fsp3) is 0.412. The summed E-state index contributed by atoms with van der Waals surface area (Å²) in [6.07, 6.45) is 2.29. The number of nitrogens with zero attached hydrogens (tertiary/aromatic N) is 3. The summed E-state index contributed by atoms with van der Waals surface area (Å²) < 4.78 is 0.841. The predicted octanol–water partition coefficient (Wildman–Crippen LogP) is 5.30. The van der Waals surface area contributed by atoms with Crippen molar-refractivity contribution in [2.45, 2.75) is 39.5 Å². The van der Waals surface area contributed by atoms with Crippen molar-refractivity contribution < 1.29 is 0 Å². The molecule has 0 atom stereocenters. The summed E-state index contributed by atoms with van der Waals surface area (Å²) in [7, 11) is 0. The Morgan fingerprint density at radius 1 is 1.14 bits per heavy atom. The minimum Gasteiger partial charge on any atom is -0.326 e. The monoisotopic (exact) mass is 347 g/mol. The van der Waals surface area contributed by atoms with Crippen LogP contribution in [0.2, 0.25) is 0 Å². The van der Waals surface area contributed by atoms with Gasteiger partial charge in [-0.1, -0.05) is 45.4 Å². The number of hydrogen-bond acceptors (Lipinski definition) is 3. The zero-order valence-corrected chi connectivity index (χ0v) is 14.5. The van der Waals surface area contributed by atoms with Crippen LogP contribution in [0.4, 0.5) is 11.5 Å². The van der Waals surface area contributed by atoms with E-state index >= 15 is 0 Å². The topological polar surface area (TPSA) is 29.0 Å². The van der Waals surface area contributed by atoms with E-state index in [1.807, 2.05) is 12.1 Å². The quantitative estimate of drug-likeness (QED) is 0.663. The zero-order valence-electron chi connectivity index (χ0n) is 12.9. The lowest BCUT2D eigenvalue weighted by atomic mass is 10.2. The second-order valence-electron chi connectivity index (χ2n) is 5.40. The molecule has 0 aliphatic heterocycles. The molecular formula is C17H22BrN3. The predicted molar refractivity (Wildman–Crippen MR) is 92.2 cm³/mol. The summed E-state index contributed by atoms with van der Waals surface area (Å²) in [5.41, 5.74) is 1.17. The van der Waals surface area contributed by atoms with E-state index in [0.29, 0.717) is 5.92 Å². The summed E-state index contributed by atoms with van der Waals surface area (Å²) >= 11 is 3.51. The molecule has 0 saturated heterocycles. The lowest BCUT2D eigenvalue weighted by Crippen LogP contribution is -2.20. The highest BCUT2D eigenvalue weighted by molar-refractivity contribution is 9.10. The van der Waals surface area contributed by atoms with Crippen molar-refractivity contribution in [2.24, 2.45) is 0 Å². The highest BCUT2D eigenvalue weighted by Crippen LogP contribution is 2.27. The SMILES string of the molecule is CCCCN(c1ccccc1)c1cc(Br)nc(C(C)C)n1. The molecule has 1 aromatic heterocycles. The summed E-state index contributed by atoms with van der Waals surface area (Å²) in [5.74, 6) is 2.14. The van der Waals surface area contributed by atoms with E-state index in [4.69, 9.17) is 4.98 Å². The van der Waals surface area contributed by atoms with Crippen LogP contribution in [0.1, 0.15) is 45.4 Å². The van der Waals surface area contributed by atoms with Gasteiger partial charge in [-0.05, 0) is 34.5 Å². The third-order valence-corrected chi connectivity index (χ3v) is 3.70. The Labute approximate surface area is 135 Å². The standard InChI is InChI=1S/C17H22BrN3/c1-4-5-11-21(14-9-7-6-8-10-14)16-12-15(18)19-17(20-16)13(2)3/h6-10,12-13H,4-5,11H2,1-3H3. The summed E-state index contributed by atoms with van der Waals surface area (Å²) in [5, 5.41) is 0. The number of halogens is 1. The molecule has 3 nitrogen and oxygen atoms in total. The van der Waals surface area contributed by atoms with Crippen LogP contribution in [0.5, 0.6) is 0 Å². The first-order chi connectivity index (χ1) is 10.1. The first-order valence-corrected chi connectivity index (χ1v) is 8.28. The zero-order chi connectivity index (χ0) is 15.2. The molecule has 112 valence electrons. The largest absolute Gasteiger partial charge is 0.326 e. The highest BCUT2D eigenvalue weighted by Gasteiger charge is 2.14. The van der Waals surface area contributed by atoms with E-state index in [0.717, 1.165) is 35.6 Å². The van der Waals surface area contributed by atoms with Gasteiger partial charge in [-0.3, -0.25) is 0 Å². The maximum Gasteiger partial charge on any atom is 0.137 e. The van der Waals surface area contributed by atoms with Gasteiger partial charge in [0, 0.05) is 24.2 Å². The Morgan fingerprint density at radius 3 is 2.48 bits per heavy atom. The fourth-order valence-corrected chi connectivity index (χ4v) is 2.51. The minimum absolute atomic E-state index is 0.310. The van der Waals surface area contributed by atoms with E-state index in [2.05, 4.69) is 70.9 Å². The van der Waals surface area contributed by atoms with Gasteiger partial charge in [0.1, 0.15) is 16.2 Å². The number of benzene rings is 1. The lowest BCUT2D eigenvalue weighted by molar-refractivity contribution is 0.745. The second kappa shape index (κ2) is 7.55. The maximum absolute atomic E-state index is 4.75. The molecule has 1 aromatic carbocycles. The molecule has 0 saturated carbocycles. The highest BCUT2D eigenvalue weighted by atomic mass is 79.9. The number of rotatable bonds is 6. The molecule has 0 spiro atoms. The first-order valence-electron chi connectivity index (χ1n) is 7.49. The molecule has 21 heavy (non-hydrogen) atoms. The molecule has 4 heteroatoms. The van der Waals surface area contributed by atoms with Crippen molar-refractivity contribution in [2.75, 3.05) is 11.4 Å². The van der Waals surface area contributed by atoms with Crippen LogP contribution in [0.3, 0.4) is 0 Å². The van der Waals surface area contributed by atoms with Crippen LogP contribution < -0.4 is 4.90 Å². The number of anilines is 2. The average Bonchev–Trinajstić information content (AvgIpc) is 2.48.